The Hall–Kier alpha value is -0.470. The third kappa shape index (κ3) is 2450. The van der Waals surface area contributed by atoms with Crippen molar-refractivity contribution in [2.75, 3.05) is 14.2 Å². The molecule has 72 valence electrons. The van der Waals surface area contributed by atoms with E-state index < -0.39 is 10.4 Å². The van der Waals surface area contributed by atoms with Crippen molar-refractivity contribution in [3.05, 3.63) is 13.2 Å². The molecular weight excluding hydrogens is 176 g/mol. The highest BCUT2D eigenvalue weighted by molar-refractivity contribution is 7.79. The Bertz CT molecular complexity index is 120. The molecule has 0 saturated carbocycles. The fraction of sp³-hybridized carbons (Fsp3) is 0.500. The van der Waals surface area contributed by atoms with E-state index in [0.717, 1.165) is 0 Å². The van der Waals surface area contributed by atoms with Crippen LogP contribution in [0.2, 0.25) is 0 Å². The quantitative estimate of drug-likeness (QED) is 0.398. The van der Waals surface area contributed by atoms with E-state index in [2.05, 4.69) is 17.9 Å². The fourth-order valence-corrected chi connectivity index (χ4v) is 0. The number of hydrogen-bond acceptors (Lipinski definition) is 3. The topological polar surface area (TPSA) is 115 Å². The van der Waals surface area contributed by atoms with Gasteiger partial charge in [-0.3, -0.25) is 9.11 Å². The lowest BCUT2D eigenvalue weighted by molar-refractivity contribution is 0.277. The van der Waals surface area contributed by atoms with E-state index in [0.29, 0.717) is 0 Å². The average molecular weight is 190 g/mol. The summed E-state index contributed by atoms with van der Waals surface area (Å²) in [7, 11) is -1.42. The zero-order valence-electron chi connectivity index (χ0n) is 6.44. The molecule has 7 heteroatoms. The number of rotatable bonds is 0. The van der Waals surface area contributed by atoms with Crippen LogP contribution in [-0.2, 0) is 15.1 Å². The molecule has 6 nitrogen and oxygen atoms in total. The first-order valence-electron chi connectivity index (χ1n) is 2.01. The van der Waals surface area contributed by atoms with Gasteiger partial charge in [0, 0.05) is 14.2 Å². The summed E-state index contributed by atoms with van der Waals surface area (Å²) in [4.78, 5) is 0. The van der Waals surface area contributed by atoms with E-state index in [-0.39, 0.29) is 5.48 Å². The van der Waals surface area contributed by atoms with Crippen LogP contribution in [0, 0.1) is 0 Å². The minimum absolute atomic E-state index is 0. The molecule has 0 aliphatic heterocycles. The van der Waals surface area contributed by atoms with Crippen molar-refractivity contribution < 1.29 is 27.7 Å². The van der Waals surface area contributed by atoms with Crippen molar-refractivity contribution in [2.45, 2.75) is 0 Å². The molecule has 0 aromatic carbocycles. The van der Waals surface area contributed by atoms with Crippen LogP contribution < -0.4 is 0 Å². The van der Waals surface area contributed by atoms with Gasteiger partial charge in [-0.2, -0.15) is 8.42 Å². The van der Waals surface area contributed by atoms with E-state index in [1.54, 1.807) is 14.2 Å². The van der Waals surface area contributed by atoms with Crippen LogP contribution >= 0.6 is 0 Å². The molecule has 0 heterocycles. The highest BCUT2D eigenvalue weighted by Crippen LogP contribution is 1.59. The van der Waals surface area contributed by atoms with Crippen LogP contribution in [0.3, 0.4) is 0 Å². The first-order chi connectivity index (χ1) is 4.41. The Kier molecular flexibility index (Phi) is 33.2. The van der Waals surface area contributed by atoms with Gasteiger partial charge in [-0.25, -0.2) is 0 Å². The van der Waals surface area contributed by atoms with Crippen LogP contribution in [0.15, 0.2) is 13.2 Å². The van der Waals surface area contributed by atoms with Gasteiger partial charge < -0.3 is 10.2 Å². The second kappa shape index (κ2) is 16.3. The summed E-state index contributed by atoms with van der Waals surface area (Å²) in [6.45, 7) is 6.00. The summed E-state index contributed by atoms with van der Waals surface area (Å²) < 4.78 is 35.8. The van der Waals surface area contributed by atoms with Gasteiger partial charge in [-0.15, -0.1) is 13.2 Å². The van der Waals surface area contributed by atoms with E-state index in [1.807, 2.05) is 0 Å². The highest BCUT2D eigenvalue weighted by Gasteiger charge is 1.84. The summed E-state index contributed by atoms with van der Waals surface area (Å²) in [5, 5.41) is 0. The van der Waals surface area contributed by atoms with Gasteiger partial charge in [0.1, 0.15) is 0 Å². The number of ether oxygens (including phenoxy) is 1. The minimum atomic E-state index is -4.67. The Labute approximate surface area is 66.4 Å². The summed E-state index contributed by atoms with van der Waals surface area (Å²) in [6, 6.07) is 0. The highest BCUT2D eigenvalue weighted by atomic mass is 32.3. The zero-order chi connectivity index (χ0) is 9.21. The van der Waals surface area contributed by atoms with Gasteiger partial charge in [0.05, 0.1) is 0 Å². The lowest BCUT2D eigenvalue weighted by Gasteiger charge is -1.68. The second-order valence-corrected chi connectivity index (χ2v) is 1.75. The zero-order valence-corrected chi connectivity index (χ0v) is 7.26. The smallest absolute Gasteiger partial charge is 0.394 e. The third-order valence-corrected chi connectivity index (χ3v) is 0. The lowest BCUT2D eigenvalue weighted by atomic mass is 11.3. The maximum atomic E-state index is 8.74. The summed E-state index contributed by atoms with van der Waals surface area (Å²) >= 11 is 0. The fourth-order valence-electron chi connectivity index (χ4n) is 0. The SMILES string of the molecule is C=C.COC.O.O=S(=O)(O)O. The molecule has 0 unspecified atom stereocenters. The van der Waals surface area contributed by atoms with Crippen molar-refractivity contribution >= 4 is 10.4 Å². The van der Waals surface area contributed by atoms with E-state index >= 15 is 0 Å². The second-order valence-electron chi connectivity index (χ2n) is 0.856. The van der Waals surface area contributed by atoms with Crippen molar-refractivity contribution in [3.63, 3.8) is 0 Å². The molecule has 0 aliphatic carbocycles. The van der Waals surface area contributed by atoms with Gasteiger partial charge in [0.15, 0.2) is 0 Å². The first kappa shape index (κ1) is 22.4. The Morgan fingerprint density at radius 1 is 1.18 bits per heavy atom. The first-order valence-corrected chi connectivity index (χ1v) is 3.41. The predicted molar refractivity (Wildman–Crippen MR) is 42.0 cm³/mol. The standard InChI is InChI=1S/C2H6O.C2H4.H2O4S.H2O/c1-3-2;1-2;1-5(2,3)4;/h1-2H3;1-2H2;(H2,1,2,3,4);1H2. The van der Waals surface area contributed by atoms with Gasteiger partial charge in [-0.1, -0.05) is 0 Å². The van der Waals surface area contributed by atoms with Crippen LogP contribution in [0.1, 0.15) is 0 Å². The van der Waals surface area contributed by atoms with Crippen LogP contribution in [-0.4, -0.2) is 37.2 Å². The molecule has 0 bridgehead atoms. The summed E-state index contributed by atoms with van der Waals surface area (Å²) in [6.07, 6.45) is 0. The molecular formula is C4H14O6S. The monoisotopic (exact) mass is 190 g/mol. The Balaban J connectivity index is -0.0000000360. The van der Waals surface area contributed by atoms with Crippen LogP contribution in [0.5, 0.6) is 0 Å². The maximum Gasteiger partial charge on any atom is 0.394 e. The molecule has 0 radical (unpaired) electrons. The Morgan fingerprint density at radius 3 is 1.18 bits per heavy atom. The summed E-state index contributed by atoms with van der Waals surface area (Å²) in [5.41, 5.74) is 0. The predicted octanol–water partition coefficient (Wildman–Crippen LogP) is -0.413. The molecule has 0 rings (SSSR count). The molecule has 0 amide bonds. The molecule has 0 fully saturated rings. The molecule has 11 heavy (non-hydrogen) atoms. The molecule has 4 N–H and O–H groups in total. The van der Waals surface area contributed by atoms with E-state index in [4.69, 9.17) is 17.5 Å². The van der Waals surface area contributed by atoms with E-state index in [9.17, 15) is 0 Å². The molecule has 0 aromatic heterocycles. The van der Waals surface area contributed by atoms with E-state index in [1.165, 1.54) is 0 Å². The van der Waals surface area contributed by atoms with Crippen molar-refractivity contribution in [1.29, 1.82) is 0 Å². The van der Waals surface area contributed by atoms with Gasteiger partial charge in [0.2, 0.25) is 0 Å². The van der Waals surface area contributed by atoms with Gasteiger partial charge in [0.25, 0.3) is 0 Å². The minimum Gasteiger partial charge on any atom is -0.412 e. The number of methoxy groups -OCH3 is 1. The normalized spacial score (nSPS) is 7.27. The van der Waals surface area contributed by atoms with Crippen molar-refractivity contribution in [2.24, 2.45) is 0 Å². The van der Waals surface area contributed by atoms with Crippen molar-refractivity contribution in [1.82, 2.24) is 0 Å². The Morgan fingerprint density at radius 2 is 1.18 bits per heavy atom. The number of hydrogen-bond donors (Lipinski definition) is 2. The summed E-state index contributed by atoms with van der Waals surface area (Å²) in [5.74, 6) is 0. The third-order valence-electron chi connectivity index (χ3n) is 0. The maximum absolute atomic E-state index is 8.74. The average Bonchev–Trinajstić information content (AvgIpc) is 1.68. The van der Waals surface area contributed by atoms with Gasteiger partial charge in [-0.05, 0) is 0 Å². The molecule has 0 saturated heterocycles. The van der Waals surface area contributed by atoms with Gasteiger partial charge >= 0.3 is 10.4 Å². The lowest BCUT2D eigenvalue weighted by Crippen LogP contribution is -1.89. The van der Waals surface area contributed by atoms with Crippen molar-refractivity contribution in [3.8, 4) is 0 Å². The molecule has 0 atom stereocenters. The molecule has 0 aliphatic rings. The molecule has 0 aromatic rings. The molecule has 0 spiro atoms. The van der Waals surface area contributed by atoms with Crippen LogP contribution in [0.4, 0.5) is 0 Å². The largest absolute Gasteiger partial charge is 0.412 e. The van der Waals surface area contributed by atoms with Crippen LogP contribution in [0.25, 0.3) is 0 Å².